The zero-order valence-corrected chi connectivity index (χ0v) is 21.7. The van der Waals surface area contributed by atoms with Crippen LogP contribution in [0.3, 0.4) is 0 Å². The van der Waals surface area contributed by atoms with Crippen LogP contribution >= 0.6 is 11.6 Å². The average Bonchev–Trinajstić information content (AvgIpc) is 2.88. The van der Waals surface area contributed by atoms with Gasteiger partial charge in [-0.25, -0.2) is 13.2 Å². The van der Waals surface area contributed by atoms with Crippen molar-refractivity contribution in [3.05, 3.63) is 70.1 Å². The highest BCUT2D eigenvalue weighted by molar-refractivity contribution is 6.32. The minimum absolute atomic E-state index is 0.0362. The van der Waals surface area contributed by atoms with Crippen molar-refractivity contribution in [2.45, 2.75) is 32.1 Å². The van der Waals surface area contributed by atoms with Crippen molar-refractivity contribution in [1.29, 1.82) is 0 Å². The summed E-state index contributed by atoms with van der Waals surface area (Å²) in [5.74, 6) is 1.93. The third-order valence-corrected chi connectivity index (χ3v) is 7.39. The molecule has 0 saturated carbocycles. The van der Waals surface area contributed by atoms with Crippen LogP contribution in [0.4, 0.5) is 13.2 Å². The highest BCUT2D eigenvalue weighted by Crippen LogP contribution is 2.33. The van der Waals surface area contributed by atoms with Gasteiger partial charge in [-0.15, -0.1) is 0 Å². The summed E-state index contributed by atoms with van der Waals surface area (Å²) in [7, 11) is 1.61. The number of likely N-dealkylation sites (tertiary alicyclic amines) is 1. The van der Waals surface area contributed by atoms with Gasteiger partial charge in [-0.05, 0) is 73.9 Å². The van der Waals surface area contributed by atoms with Gasteiger partial charge < -0.3 is 9.84 Å². The molecule has 4 rings (SSSR count). The van der Waals surface area contributed by atoms with E-state index in [0.717, 1.165) is 54.0 Å². The summed E-state index contributed by atoms with van der Waals surface area (Å²) in [4.78, 5) is 18.0. The van der Waals surface area contributed by atoms with Crippen LogP contribution in [0.15, 0.2) is 36.5 Å². The first-order valence-corrected chi connectivity index (χ1v) is 12.8. The molecular weight excluding hydrogens is 517 g/mol. The number of halogens is 4. The molecular formula is C29H28ClF3N2O3. The minimum Gasteiger partial charge on any atom is -0.497 e. The number of carboxylic acid groups (broad SMARTS) is 1. The number of methoxy groups -OCH3 is 1. The van der Waals surface area contributed by atoms with Crippen LogP contribution in [-0.2, 0) is 11.2 Å². The quantitative estimate of drug-likeness (QED) is 0.274. The van der Waals surface area contributed by atoms with Crippen LogP contribution < -0.4 is 4.74 Å². The topological polar surface area (TPSA) is 62.7 Å². The number of piperidine rings is 1. The lowest BCUT2D eigenvalue weighted by atomic mass is 9.80. The van der Waals surface area contributed by atoms with Crippen molar-refractivity contribution >= 4 is 28.5 Å². The van der Waals surface area contributed by atoms with Crippen molar-refractivity contribution in [3.8, 4) is 17.6 Å². The Morgan fingerprint density at radius 3 is 2.82 bits per heavy atom. The Morgan fingerprint density at radius 2 is 2.05 bits per heavy atom. The smallest absolute Gasteiger partial charge is 0.303 e. The van der Waals surface area contributed by atoms with Crippen molar-refractivity contribution in [2.75, 3.05) is 26.7 Å². The number of nitrogens with zero attached hydrogens (tertiary/aromatic N) is 2. The molecule has 1 saturated heterocycles. The highest BCUT2D eigenvalue weighted by atomic mass is 35.5. The van der Waals surface area contributed by atoms with Gasteiger partial charge in [0.25, 0.3) is 0 Å². The Labute approximate surface area is 224 Å². The Kier molecular flexibility index (Phi) is 9.13. The largest absolute Gasteiger partial charge is 0.497 e. The van der Waals surface area contributed by atoms with Gasteiger partial charge in [-0.2, -0.15) is 0 Å². The second kappa shape index (κ2) is 12.5. The summed E-state index contributed by atoms with van der Waals surface area (Å²) in [6.45, 7) is 1.48. The maximum Gasteiger partial charge on any atom is 0.303 e. The lowest BCUT2D eigenvalue weighted by Gasteiger charge is -2.37. The molecule has 0 aliphatic carbocycles. The van der Waals surface area contributed by atoms with Gasteiger partial charge in [0.1, 0.15) is 11.6 Å². The number of benzene rings is 2. The average molecular weight is 545 g/mol. The number of rotatable bonds is 8. The SMILES string of the molecule is COc1ccc2ncc(Cl)c(CCCC3CCN(CC#Cc4cc(F)cc(F)c4F)CC3CC(=O)O)c2c1. The molecule has 0 bridgehead atoms. The fourth-order valence-electron chi connectivity index (χ4n) is 5.15. The summed E-state index contributed by atoms with van der Waals surface area (Å²) in [6.07, 6.45) is 4.89. The molecule has 1 aliphatic heterocycles. The van der Waals surface area contributed by atoms with Gasteiger partial charge >= 0.3 is 5.97 Å². The fourth-order valence-corrected chi connectivity index (χ4v) is 5.40. The van der Waals surface area contributed by atoms with E-state index in [0.29, 0.717) is 24.2 Å². The first-order valence-electron chi connectivity index (χ1n) is 12.4. The molecule has 2 atom stereocenters. The number of ether oxygens (including phenoxy) is 1. The van der Waals surface area contributed by atoms with E-state index in [1.54, 1.807) is 13.3 Å². The molecule has 0 radical (unpaired) electrons. The van der Waals surface area contributed by atoms with E-state index < -0.39 is 23.4 Å². The van der Waals surface area contributed by atoms with Crippen LogP contribution in [0, 0.1) is 41.1 Å². The lowest BCUT2D eigenvalue weighted by molar-refractivity contribution is -0.139. The molecule has 1 aliphatic rings. The van der Waals surface area contributed by atoms with Gasteiger partial charge in [0.2, 0.25) is 0 Å². The molecule has 9 heteroatoms. The van der Waals surface area contributed by atoms with E-state index in [4.69, 9.17) is 16.3 Å². The molecule has 38 heavy (non-hydrogen) atoms. The van der Waals surface area contributed by atoms with E-state index in [9.17, 15) is 23.1 Å². The highest BCUT2D eigenvalue weighted by Gasteiger charge is 2.30. The molecule has 200 valence electrons. The van der Waals surface area contributed by atoms with Crippen LogP contribution in [0.5, 0.6) is 5.75 Å². The number of carboxylic acids is 1. The zero-order chi connectivity index (χ0) is 27.2. The molecule has 3 aromatic rings. The number of pyridine rings is 1. The number of aromatic nitrogens is 1. The molecule has 1 aromatic heterocycles. The molecule has 5 nitrogen and oxygen atoms in total. The second-order valence-electron chi connectivity index (χ2n) is 9.55. The lowest BCUT2D eigenvalue weighted by Crippen LogP contribution is -2.41. The first kappa shape index (κ1) is 27.7. The molecule has 2 aromatic carbocycles. The summed E-state index contributed by atoms with van der Waals surface area (Å²) in [6, 6.07) is 7.02. The van der Waals surface area contributed by atoms with Gasteiger partial charge in [0.15, 0.2) is 11.6 Å². The van der Waals surface area contributed by atoms with Crippen molar-refractivity contribution in [2.24, 2.45) is 11.8 Å². The molecule has 2 heterocycles. The Hall–Kier alpha value is -3.28. The fraction of sp³-hybridized carbons (Fsp3) is 0.379. The van der Waals surface area contributed by atoms with Crippen LogP contribution in [0.25, 0.3) is 10.9 Å². The maximum absolute atomic E-state index is 13.9. The van der Waals surface area contributed by atoms with E-state index in [2.05, 4.69) is 16.8 Å². The molecule has 1 fully saturated rings. The van der Waals surface area contributed by atoms with Crippen LogP contribution in [-0.4, -0.2) is 47.7 Å². The summed E-state index contributed by atoms with van der Waals surface area (Å²) < 4.78 is 46.0. The number of aliphatic carboxylic acids is 1. The van der Waals surface area contributed by atoms with Gasteiger partial charge in [0.05, 0.1) is 29.8 Å². The van der Waals surface area contributed by atoms with Crippen molar-refractivity contribution < 1.29 is 27.8 Å². The third kappa shape index (κ3) is 6.77. The van der Waals surface area contributed by atoms with E-state index in [1.807, 2.05) is 23.1 Å². The Morgan fingerprint density at radius 1 is 1.24 bits per heavy atom. The van der Waals surface area contributed by atoms with E-state index in [1.165, 1.54) is 0 Å². The molecule has 2 unspecified atom stereocenters. The number of aryl methyl sites for hydroxylation is 1. The zero-order valence-electron chi connectivity index (χ0n) is 20.9. The van der Waals surface area contributed by atoms with E-state index in [-0.39, 0.29) is 30.4 Å². The minimum atomic E-state index is -1.28. The number of hydrogen-bond acceptors (Lipinski definition) is 4. The van der Waals surface area contributed by atoms with Gasteiger partial charge in [0, 0.05) is 30.6 Å². The molecule has 1 N–H and O–H groups in total. The number of hydrogen-bond donors (Lipinski definition) is 1. The van der Waals surface area contributed by atoms with Crippen LogP contribution in [0.2, 0.25) is 5.02 Å². The Bertz CT molecular complexity index is 1390. The predicted octanol–water partition coefficient (Wildman–Crippen LogP) is 6.10. The number of carbonyl (C=O) groups is 1. The Balaban J connectivity index is 1.39. The third-order valence-electron chi connectivity index (χ3n) is 7.07. The second-order valence-corrected chi connectivity index (χ2v) is 9.96. The molecule has 0 spiro atoms. The normalized spacial score (nSPS) is 17.7. The maximum atomic E-state index is 13.9. The van der Waals surface area contributed by atoms with Gasteiger partial charge in [-0.1, -0.05) is 23.4 Å². The number of fused-ring (bicyclic) bond motifs is 1. The summed E-state index contributed by atoms with van der Waals surface area (Å²) >= 11 is 6.49. The van der Waals surface area contributed by atoms with E-state index >= 15 is 0 Å². The predicted molar refractivity (Wildman–Crippen MR) is 140 cm³/mol. The summed E-state index contributed by atoms with van der Waals surface area (Å²) in [5.41, 5.74) is 1.50. The monoisotopic (exact) mass is 544 g/mol. The standard InChI is InChI=1S/C29H28ClF3N2O3/c1-38-22-7-8-27-24(15-22)23(25(30)16-34-27)6-2-4-18-9-11-35(17-20(18)13-28(36)37)10-3-5-19-12-21(31)14-26(32)29(19)33/h7-8,12,14-16,18,20H,2,4,6,9-11,13,17H2,1H3,(H,36,37). The van der Waals surface area contributed by atoms with Crippen molar-refractivity contribution in [1.82, 2.24) is 9.88 Å². The first-order chi connectivity index (χ1) is 18.2. The molecule has 0 amide bonds. The van der Waals surface area contributed by atoms with Gasteiger partial charge in [-0.3, -0.25) is 14.7 Å². The van der Waals surface area contributed by atoms with Crippen LogP contribution in [0.1, 0.15) is 36.8 Å². The summed E-state index contributed by atoms with van der Waals surface area (Å²) in [5, 5.41) is 11.0. The van der Waals surface area contributed by atoms with Crippen molar-refractivity contribution in [3.63, 3.8) is 0 Å².